The molecule has 12 heavy (non-hydrogen) atoms. The molecule has 0 nitrogen and oxygen atoms in total. The van der Waals surface area contributed by atoms with Gasteiger partial charge in [0.15, 0.2) is 0 Å². The van der Waals surface area contributed by atoms with Crippen LogP contribution in [0.2, 0.25) is 0 Å². The first kappa shape index (κ1) is 9.53. The average Bonchev–Trinajstić information content (AvgIpc) is 2.15. The van der Waals surface area contributed by atoms with Crippen molar-refractivity contribution in [2.24, 2.45) is 0 Å². The quantitative estimate of drug-likeness (QED) is 0.682. The Bertz CT molecular complexity index is 246. The minimum absolute atomic E-state index is 0.935. The molecule has 0 unspecified atom stereocenters. The molecule has 0 atom stereocenters. The van der Waals surface area contributed by atoms with Crippen molar-refractivity contribution in [3.05, 3.63) is 41.5 Å². The van der Waals surface area contributed by atoms with Gasteiger partial charge in [0.05, 0.1) is 0 Å². The van der Waals surface area contributed by atoms with Crippen molar-refractivity contribution in [2.45, 2.75) is 18.7 Å². The van der Waals surface area contributed by atoms with Crippen LogP contribution in [0.25, 0.3) is 6.08 Å². The van der Waals surface area contributed by atoms with Crippen molar-refractivity contribution in [2.75, 3.05) is 0 Å². The van der Waals surface area contributed by atoms with Crippen molar-refractivity contribution >= 4 is 22.0 Å². The maximum atomic E-state index is 3.42. The van der Waals surface area contributed by atoms with Crippen molar-refractivity contribution in [3.63, 3.8) is 0 Å². The van der Waals surface area contributed by atoms with Gasteiger partial charge >= 0.3 is 0 Å². The van der Waals surface area contributed by atoms with Crippen LogP contribution in [0, 0.1) is 0 Å². The van der Waals surface area contributed by atoms with Crippen LogP contribution in [0.15, 0.2) is 30.3 Å². The number of halogens is 1. The fourth-order valence-electron chi connectivity index (χ4n) is 0.972. The van der Waals surface area contributed by atoms with E-state index in [4.69, 9.17) is 0 Å². The van der Waals surface area contributed by atoms with Gasteiger partial charge in [0.25, 0.3) is 0 Å². The summed E-state index contributed by atoms with van der Waals surface area (Å²) in [6, 6.07) is 8.57. The summed E-state index contributed by atoms with van der Waals surface area (Å²) in [6.45, 7) is 2.14. The summed E-state index contributed by atoms with van der Waals surface area (Å²) in [7, 11) is 0. The molecular weight excluding hydrogens is 212 g/mol. The van der Waals surface area contributed by atoms with Crippen molar-refractivity contribution < 1.29 is 0 Å². The Kier molecular flexibility index (Phi) is 4.09. The first-order valence-corrected chi connectivity index (χ1v) is 5.30. The van der Waals surface area contributed by atoms with E-state index in [0.717, 1.165) is 11.8 Å². The van der Waals surface area contributed by atoms with Crippen LogP contribution in [-0.2, 0) is 5.33 Å². The zero-order valence-electron chi connectivity index (χ0n) is 7.26. The highest BCUT2D eigenvalue weighted by molar-refractivity contribution is 9.08. The summed E-state index contributed by atoms with van der Waals surface area (Å²) in [5.41, 5.74) is 2.60. The Morgan fingerprint density at radius 2 is 1.92 bits per heavy atom. The van der Waals surface area contributed by atoms with Crippen molar-refractivity contribution in [1.29, 1.82) is 0 Å². The van der Waals surface area contributed by atoms with E-state index < -0.39 is 0 Å². The lowest BCUT2D eigenvalue weighted by Crippen LogP contribution is -1.76. The molecule has 0 bridgehead atoms. The highest BCUT2D eigenvalue weighted by Crippen LogP contribution is 2.09. The smallest absolute Gasteiger partial charge is 0.0283 e. The highest BCUT2D eigenvalue weighted by Gasteiger charge is 1.88. The molecule has 0 radical (unpaired) electrons. The van der Waals surface area contributed by atoms with Crippen LogP contribution in [0.1, 0.15) is 24.5 Å². The molecule has 0 spiro atoms. The molecule has 0 amide bonds. The number of rotatable bonds is 3. The van der Waals surface area contributed by atoms with Crippen LogP contribution >= 0.6 is 15.9 Å². The molecule has 0 aliphatic heterocycles. The predicted octanol–water partition coefficient (Wildman–Crippen LogP) is 4.00. The van der Waals surface area contributed by atoms with Gasteiger partial charge < -0.3 is 0 Å². The van der Waals surface area contributed by atoms with Crippen molar-refractivity contribution in [1.82, 2.24) is 0 Å². The van der Waals surface area contributed by atoms with Crippen LogP contribution < -0.4 is 0 Å². The number of hydrogen-bond acceptors (Lipinski definition) is 0. The third-order valence-corrected chi connectivity index (χ3v) is 2.33. The van der Waals surface area contributed by atoms with Gasteiger partial charge in [0, 0.05) is 5.33 Å². The molecule has 0 aliphatic carbocycles. The molecule has 0 fully saturated rings. The largest absolute Gasteiger partial charge is 0.0876 e. The lowest BCUT2D eigenvalue weighted by Gasteiger charge is -1.95. The zero-order chi connectivity index (χ0) is 8.81. The van der Waals surface area contributed by atoms with Gasteiger partial charge in [-0.3, -0.25) is 0 Å². The Morgan fingerprint density at radius 1 is 1.25 bits per heavy atom. The van der Waals surface area contributed by atoms with E-state index in [1.165, 1.54) is 11.1 Å². The highest BCUT2D eigenvalue weighted by atomic mass is 79.9. The van der Waals surface area contributed by atoms with E-state index in [2.05, 4.69) is 59.3 Å². The molecule has 0 saturated carbocycles. The normalized spacial score (nSPS) is 10.8. The Balaban J connectivity index is 2.71. The van der Waals surface area contributed by atoms with Gasteiger partial charge in [0.2, 0.25) is 0 Å². The summed E-state index contributed by atoms with van der Waals surface area (Å²) >= 11 is 3.42. The third kappa shape index (κ3) is 2.82. The van der Waals surface area contributed by atoms with Crippen LogP contribution in [0.3, 0.4) is 0 Å². The first-order chi connectivity index (χ1) is 5.86. The second kappa shape index (κ2) is 5.15. The molecule has 1 aromatic rings. The minimum atomic E-state index is 0.935. The first-order valence-electron chi connectivity index (χ1n) is 4.18. The predicted molar refractivity (Wildman–Crippen MR) is 58.4 cm³/mol. The molecule has 0 N–H and O–H groups in total. The molecule has 1 aromatic carbocycles. The maximum absolute atomic E-state index is 3.42. The van der Waals surface area contributed by atoms with E-state index in [-0.39, 0.29) is 0 Å². The van der Waals surface area contributed by atoms with Gasteiger partial charge in [0.1, 0.15) is 0 Å². The monoisotopic (exact) mass is 224 g/mol. The van der Waals surface area contributed by atoms with E-state index in [0.29, 0.717) is 0 Å². The molecular formula is C11H13Br. The summed E-state index contributed by atoms with van der Waals surface area (Å²) < 4.78 is 0. The minimum Gasteiger partial charge on any atom is -0.0876 e. The van der Waals surface area contributed by atoms with Gasteiger partial charge in [-0.05, 0) is 17.5 Å². The summed E-state index contributed by atoms with van der Waals surface area (Å²) in [4.78, 5) is 0. The SMILES string of the molecule is CCC=Cc1ccc(CBr)cc1. The van der Waals surface area contributed by atoms with Gasteiger partial charge in [-0.15, -0.1) is 0 Å². The lowest BCUT2D eigenvalue weighted by atomic mass is 10.1. The fraction of sp³-hybridized carbons (Fsp3) is 0.273. The Morgan fingerprint density at radius 3 is 2.42 bits per heavy atom. The van der Waals surface area contributed by atoms with E-state index in [1.807, 2.05) is 0 Å². The van der Waals surface area contributed by atoms with Crippen LogP contribution in [-0.4, -0.2) is 0 Å². The summed E-state index contributed by atoms with van der Waals surface area (Å²) in [5.74, 6) is 0. The number of allylic oxidation sites excluding steroid dienone is 1. The molecule has 0 aliphatic rings. The van der Waals surface area contributed by atoms with Gasteiger partial charge in [-0.25, -0.2) is 0 Å². The molecule has 64 valence electrons. The molecule has 1 rings (SSSR count). The summed E-state index contributed by atoms with van der Waals surface area (Å²) in [6.07, 6.45) is 5.42. The number of alkyl halides is 1. The summed E-state index contributed by atoms with van der Waals surface area (Å²) in [5, 5.41) is 0.935. The average molecular weight is 225 g/mol. The Labute approximate surface area is 82.4 Å². The van der Waals surface area contributed by atoms with Crippen LogP contribution in [0.5, 0.6) is 0 Å². The molecule has 0 aromatic heterocycles. The topological polar surface area (TPSA) is 0 Å². The van der Waals surface area contributed by atoms with E-state index >= 15 is 0 Å². The van der Waals surface area contributed by atoms with E-state index in [9.17, 15) is 0 Å². The van der Waals surface area contributed by atoms with E-state index in [1.54, 1.807) is 0 Å². The molecule has 0 saturated heterocycles. The number of benzene rings is 1. The fourth-order valence-corrected chi connectivity index (χ4v) is 1.35. The van der Waals surface area contributed by atoms with Gasteiger partial charge in [-0.2, -0.15) is 0 Å². The third-order valence-electron chi connectivity index (χ3n) is 1.68. The lowest BCUT2D eigenvalue weighted by molar-refractivity contribution is 1.23. The second-order valence-corrected chi connectivity index (χ2v) is 3.25. The van der Waals surface area contributed by atoms with Crippen molar-refractivity contribution in [3.8, 4) is 0 Å². The second-order valence-electron chi connectivity index (χ2n) is 2.69. The molecule has 0 heterocycles. The van der Waals surface area contributed by atoms with Crippen LogP contribution in [0.4, 0.5) is 0 Å². The zero-order valence-corrected chi connectivity index (χ0v) is 8.84. The number of hydrogen-bond donors (Lipinski definition) is 0. The Hall–Kier alpha value is -0.560. The maximum Gasteiger partial charge on any atom is 0.0283 e. The van der Waals surface area contributed by atoms with Gasteiger partial charge in [-0.1, -0.05) is 59.3 Å². The standard InChI is InChI=1S/C11H13Br/c1-2-3-4-10-5-7-11(9-12)8-6-10/h3-8H,2,9H2,1H3. The molecule has 1 heteroatoms.